The molecule has 2 rings (SSSR count). The van der Waals surface area contributed by atoms with Gasteiger partial charge in [-0.3, -0.25) is 4.90 Å². The first-order valence-corrected chi connectivity index (χ1v) is 9.27. The molecule has 1 fully saturated rings. The van der Waals surface area contributed by atoms with Crippen LogP contribution in [0.4, 0.5) is 0 Å². The van der Waals surface area contributed by atoms with Crippen molar-refractivity contribution in [2.24, 2.45) is 5.92 Å². The Morgan fingerprint density at radius 2 is 1.67 bits per heavy atom. The van der Waals surface area contributed by atoms with E-state index in [4.69, 9.17) is 4.74 Å². The number of ether oxygens (including phenoxy) is 1. The van der Waals surface area contributed by atoms with Crippen LogP contribution < -0.4 is 0 Å². The normalized spacial score (nSPS) is 23.6. The Morgan fingerprint density at radius 1 is 1.12 bits per heavy atom. The van der Waals surface area contributed by atoms with Crippen LogP contribution in [0.1, 0.15) is 59.1 Å². The summed E-state index contributed by atoms with van der Waals surface area (Å²) >= 11 is 0. The molecule has 2 unspecified atom stereocenters. The van der Waals surface area contributed by atoms with Crippen molar-refractivity contribution in [3.8, 4) is 0 Å². The fourth-order valence-corrected chi connectivity index (χ4v) is 3.64. The molecule has 0 aromatic heterocycles. The van der Waals surface area contributed by atoms with E-state index in [9.17, 15) is 0 Å². The maximum atomic E-state index is 5.83. The summed E-state index contributed by atoms with van der Waals surface area (Å²) in [6.45, 7) is 17.0. The minimum atomic E-state index is 0. The summed E-state index contributed by atoms with van der Waals surface area (Å²) in [5.74, 6) is 0.678. The van der Waals surface area contributed by atoms with Gasteiger partial charge in [0.1, 0.15) is 0 Å². The number of hydrogen-bond acceptors (Lipinski definition) is 2. The zero-order valence-electron chi connectivity index (χ0n) is 16.3. The molecule has 1 aliphatic heterocycles. The van der Waals surface area contributed by atoms with E-state index in [1.165, 1.54) is 24.1 Å². The van der Waals surface area contributed by atoms with E-state index >= 15 is 0 Å². The standard InChI is InChI=1S/C21H35NO.ClH/c1-7-21(5,6)20-10-8-19(9-11-20)12-16(2)13-22-14-17(3)23-18(4)15-22;/h8-11,16-18H,7,12-15H2,1-6H3;1H/t16-,17?,18?;/m1./s1. The largest absolute Gasteiger partial charge is 0.373 e. The monoisotopic (exact) mass is 353 g/mol. The summed E-state index contributed by atoms with van der Waals surface area (Å²) in [6, 6.07) is 9.30. The van der Waals surface area contributed by atoms with Gasteiger partial charge in [0.2, 0.25) is 0 Å². The third kappa shape index (κ3) is 6.06. The van der Waals surface area contributed by atoms with Gasteiger partial charge in [0.25, 0.3) is 0 Å². The lowest BCUT2D eigenvalue weighted by Gasteiger charge is -2.36. The number of benzene rings is 1. The Balaban J connectivity index is 0.00000288. The average molecular weight is 354 g/mol. The van der Waals surface area contributed by atoms with E-state index in [1.54, 1.807) is 0 Å². The molecule has 0 amide bonds. The van der Waals surface area contributed by atoms with Crippen LogP contribution in [-0.4, -0.2) is 36.7 Å². The van der Waals surface area contributed by atoms with Gasteiger partial charge in [0, 0.05) is 19.6 Å². The Labute approximate surface area is 155 Å². The molecule has 0 radical (unpaired) electrons. The number of halogens is 1. The van der Waals surface area contributed by atoms with Crippen molar-refractivity contribution in [1.82, 2.24) is 4.90 Å². The zero-order valence-corrected chi connectivity index (χ0v) is 17.2. The second kappa shape index (κ2) is 9.22. The molecule has 138 valence electrons. The highest BCUT2D eigenvalue weighted by Crippen LogP contribution is 2.27. The molecule has 1 aliphatic rings. The molecule has 0 aliphatic carbocycles. The Bertz CT molecular complexity index is 475. The molecule has 1 aromatic rings. The summed E-state index contributed by atoms with van der Waals surface area (Å²) in [5, 5.41) is 0. The minimum absolute atomic E-state index is 0. The van der Waals surface area contributed by atoms with Gasteiger partial charge in [-0.05, 0) is 49.1 Å². The molecular formula is C21H36ClNO. The summed E-state index contributed by atoms with van der Waals surface area (Å²) in [5.41, 5.74) is 3.19. The molecule has 24 heavy (non-hydrogen) atoms. The minimum Gasteiger partial charge on any atom is -0.373 e. The van der Waals surface area contributed by atoms with Crippen LogP contribution in [0.25, 0.3) is 0 Å². The Morgan fingerprint density at radius 3 is 2.17 bits per heavy atom. The third-order valence-corrected chi connectivity index (χ3v) is 5.27. The average Bonchev–Trinajstić information content (AvgIpc) is 2.46. The molecule has 0 bridgehead atoms. The van der Waals surface area contributed by atoms with E-state index < -0.39 is 0 Å². The van der Waals surface area contributed by atoms with Gasteiger partial charge in [0.05, 0.1) is 12.2 Å². The van der Waals surface area contributed by atoms with Gasteiger partial charge in [-0.25, -0.2) is 0 Å². The van der Waals surface area contributed by atoms with E-state index in [-0.39, 0.29) is 17.8 Å². The van der Waals surface area contributed by atoms with Crippen LogP contribution in [0, 0.1) is 5.92 Å². The van der Waals surface area contributed by atoms with Crippen molar-refractivity contribution in [2.45, 2.75) is 72.0 Å². The molecule has 0 spiro atoms. The fourth-order valence-electron chi connectivity index (χ4n) is 3.64. The van der Waals surface area contributed by atoms with Crippen molar-refractivity contribution in [1.29, 1.82) is 0 Å². The lowest BCUT2D eigenvalue weighted by atomic mass is 9.82. The van der Waals surface area contributed by atoms with Crippen molar-refractivity contribution < 1.29 is 4.74 Å². The van der Waals surface area contributed by atoms with Crippen molar-refractivity contribution >= 4 is 12.4 Å². The molecular weight excluding hydrogens is 318 g/mol. The second-order valence-corrected chi connectivity index (χ2v) is 8.22. The van der Waals surface area contributed by atoms with Gasteiger partial charge in [-0.1, -0.05) is 52.0 Å². The van der Waals surface area contributed by atoms with E-state index in [1.807, 2.05) is 0 Å². The first-order chi connectivity index (χ1) is 10.8. The second-order valence-electron chi connectivity index (χ2n) is 8.22. The lowest BCUT2D eigenvalue weighted by molar-refractivity contribution is -0.0708. The smallest absolute Gasteiger partial charge is 0.0678 e. The van der Waals surface area contributed by atoms with Gasteiger partial charge >= 0.3 is 0 Å². The van der Waals surface area contributed by atoms with Gasteiger partial charge in [-0.2, -0.15) is 0 Å². The first-order valence-electron chi connectivity index (χ1n) is 9.27. The summed E-state index contributed by atoms with van der Waals surface area (Å²) in [6.07, 6.45) is 3.06. The van der Waals surface area contributed by atoms with Crippen LogP contribution in [0.2, 0.25) is 0 Å². The van der Waals surface area contributed by atoms with Gasteiger partial charge in [0.15, 0.2) is 0 Å². The Kier molecular flexibility index (Phi) is 8.25. The van der Waals surface area contributed by atoms with Crippen LogP contribution in [0.5, 0.6) is 0 Å². The maximum Gasteiger partial charge on any atom is 0.0678 e. The van der Waals surface area contributed by atoms with Crippen molar-refractivity contribution in [2.75, 3.05) is 19.6 Å². The summed E-state index contributed by atoms with van der Waals surface area (Å²) in [7, 11) is 0. The molecule has 1 aromatic carbocycles. The van der Waals surface area contributed by atoms with Crippen LogP contribution >= 0.6 is 12.4 Å². The lowest BCUT2D eigenvalue weighted by Crippen LogP contribution is -2.47. The predicted octanol–water partition coefficient (Wildman–Crippen LogP) is 5.08. The number of rotatable bonds is 6. The highest BCUT2D eigenvalue weighted by molar-refractivity contribution is 5.85. The third-order valence-electron chi connectivity index (χ3n) is 5.27. The summed E-state index contributed by atoms with van der Waals surface area (Å²) in [4.78, 5) is 2.57. The number of hydrogen-bond donors (Lipinski definition) is 0. The number of morpholine rings is 1. The fraction of sp³-hybridized carbons (Fsp3) is 0.714. The maximum absolute atomic E-state index is 5.83. The molecule has 0 saturated carbocycles. The highest BCUT2D eigenvalue weighted by Gasteiger charge is 2.23. The quantitative estimate of drug-likeness (QED) is 0.706. The van der Waals surface area contributed by atoms with Crippen LogP contribution in [0.15, 0.2) is 24.3 Å². The number of nitrogens with zero attached hydrogens (tertiary/aromatic N) is 1. The topological polar surface area (TPSA) is 12.5 Å². The van der Waals surface area contributed by atoms with Crippen LogP contribution in [-0.2, 0) is 16.6 Å². The predicted molar refractivity (Wildman–Crippen MR) is 106 cm³/mol. The first kappa shape index (κ1) is 21.5. The van der Waals surface area contributed by atoms with Gasteiger partial charge < -0.3 is 4.74 Å². The summed E-state index contributed by atoms with van der Waals surface area (Å²) < 4.78 is 5.83. The zero-order chi connectivity index (χ0) is 17.0. The molecule has 1 saturated heterocycles. The molecule has 3 atom stereocenters. The van der Waals surface area contributed by atoms with Crippen molar-refractivity contribution in [3.63, 3.8) is 0 Å². The van der Waals surface area contributed by atoms with Crippen molar-refractivity contribution in [3.05, 3.63) is 35.4 Å². The molecule has 0 N–H and O–H groups in total. The molecule has 1 heterocycles. The van der Waals surface area contributed by atoms with Gasteiger partial charge in [-0.15, -0.1) is 12.4 Å². The van der Waals surface area contributed by atoms with E-state index in [0.717, 1.165) is 19.5 Å². The van der Waals surface area contributed by atoms with E-state index in [2.05, 4.69) is 70.7 Å². The van der Waals surface area contributed by atoms with Crippen LogP contribution in [0.3, 0.4) is 0 Å². The Hall–Kier alpha value is -0.570. The van der Waals surface area contributed by atoms with E-state index in [0.29, 0.717) is 18.1 Å². The molecule has 3 heteroatoms. The SMILES string of the molecule is CCC(C)(C)c1ccc(C[C@@H](C)CN2CC(C)OC(C)C2)cc1.Cl. The highest BCUT2D eigenvalue weighted by atomic mass is 35.5. The molecule has 2 nitrogen and oxygen atoms in total.